The number of aromatic nitrogens is 2. The molecule has 5 heteroatoms. The van der Waals surface area contributed by atoms with E-state index in [1.54, 1.807) is 6.07 Å². The molecule has 1 unspecified atom stereocenters. The summed E-state index contributed by atoms with van der Waals surface area (Å²) in [6, 6.07) is 1.77. The lowest BCUT2D eigenvalue weighted by atomic mass is 10.1. The molecule has 0 amide bonds. The summed E-state index contributed by atoms with van der Waals surface area (Å²) in [5, 5.41) is 4.54. The van der Waals surface area contributed by atoms with Gasteiger partial charge in [-0.2, -0.15) is 0 Å². The van der Waals surface area contributed by atoms with Crippen molar-refractivity contribution in [2.24, 2.45) is 11.3 Å². The highest BCUT2D eigenvalue weighted by atomic mass is 35.5. The molecule has 0 aromatic carbocycles. The molecule has 0 saturated heterocycles. The van der Waals surface area contributed by atoms with Crippen LogP contribution in [0.5, 0.6) is 0 Å². The third-order valence-corrected chi connectivity index (χ3v) is 3.85. The highest BCUT2D eigenvalue weighted by molar-refractivity contribution is 7.98. The van der Waals surface area contributed by atoms with Crippen LogP contribution in [0.2, 0.25) is 5.15 Å². The molecule has 0 aliphatic heterocycles. The Balaban J connectivity index is 1.96. The monoisotopic (exact) mass is 257 g/mol. The molecule has 0 bridgehead atoms. The van der Waals surface area contributed by atoms with E-state index in [0.29, 0.717) is 15.7 Å². The first-order valence-corrected chi connectivity index (χ1v) is 6.94. The van der Waals surface area contributed by atoms with E-state index < -0.39 is 0 Å². The van der Waals surface area contributed by atoms with E-state index in [1.165, 1.54) is 18.2 Å². The second kappa shape index (κ2) is 4.41. The van der Waals surface area contributed by atoms with E-state index in [0.717, 1.165) is 18.3 Å². The predicted molar refractivity (Wildman–Crippen MR) is 69.2 cm³/mol. The maximum atomic E-state index is 5.91. The number of anilines is 1. The van der Waals surface area contributed by atoms with Crippen molar-refractivity contribution in [2.75, 3.05) is 18.1 Å². The molecule has 16 heavy (non-hydrogen) atoms. The van der Waals surface area contributed by atoms with E-state index in [2.05, 4.69) is 29.1 Å². The van der Waals surface area contributed by atoms with E-state index in [9.17, 15) is 0 Å². The van der Waals surface area contributed by atoms with Crippen molar-refractivity contribution >= 4 is 29.2 Å². The van der Waals surface area contributed by atoms with Gasteiger partial charge in [0.05, 0.1) is 0 Å². The molecular formula is C11H16ClN3S. The maximum Gasteiger partial charge on any atom is 0.190 e. The summed E-state index contributed by atoms with van der Waals surface area (Å²) in [7, 11) is 0. The number of nitrogens with zero attached hydrogens (tertiary/aromatic N) is 2. The predicted octanol–water partition coefficient (Wildman–Crippen LogP) is 3.31. The largest absolute Gasteiger partial charge is 0.370 e. The van der Waals surface area contributed by atoms with E-state index in [4.69, 9.17) is 11.6 Å². The molecule has 1 saturated carbocycles. The highest BCUT2D eigenvalue weighted by Gasteiger charge is 2.44. The topological polar surface area (TPSA) is 37.8 Å². The van der Waals surface area contributed by atoms with Gasteiger partial charge >= 0.3 is 0 Å². The van der Waals surface area contributed by atoms with Gasteiger partial charge in [0.15, 0.2) is 5.16 Å². The van der Waals surface area contributed by atoms with Crippen LogP contribution in [-0.2, 0) is 0 Å². The Hall–Kier alpha value is -0.480. The molecule has 1 atom stereocenters. The van der Waals surface area contributed by atoms with Gasteiger partial charge < -0.3 is 5.32 Å². The molecule has 1 fully saturated rings. The number of hydrogen-bond donors (Lipinski definition) is 1. The second-order valence-corrected chi connectivity index (χ2v) is 5.99. The molecule has 1 aliphatic rings. The summed E-state index contributed by atoms with van der Waals surface area (Å²) in [6.07, 6.45) is 3.23. The quantitative estimate of drug-likeness (QED) is 0.510. The third kappa shape index (κ3) is 2.80. The summed E-state index contributed by atoms with van der Waals surface area (Å²) in [6.45, 7) is 5.55. The van der Waals surface area contributed by atoms with Gasteiger partial charge in [-0.1, -0.05) is 37.2 Å². The Kier molecular flexibility index (Phi) is 3.31. The molecule has 0 radical (unpaired) electrons. The van der Waals surface area contributed by atoms with Crippen LogP contribution < -0.4 is 5.32 Å². The summed E-state index contributed by atoms with van der Waals surface area (Å²) in [5.74, 6) is 1.58. The summed E-state index contributed by atoms with van der Waals surface area (Å²) in [5.41, 5.74) is 0.492. The maximum absolute atomic E-state index is 5.91. The summed E-state index contributed by atoms with van der Waals surface area (Å²) >= 11 is 7.41. The summed E-state index contributed by atoms with van der Waals surface area (Å²) in [4.78, 5) is 8.46. The van der Waals surface area contributed by atoms with Crippen LogP contribution in [0.15, 0.2) is 11.2 Å². The van der Waals surface area contributed by atoms with Gasteiger partial charge in [0, 0.05) is 12.6 Å². The van der Waals surface area contributed by atoms with Gasteiger partial charge in [-0.05, 0) is 24.0 Å². The van der Waals surface area contributed by atoms with Crippen molar-refractivity contribution in [3.8, 4) is 0 Å². The zero-order valence-electron chi connectivity index (χ0n) is 9.75. The first-order chi connectivity index (χ1) is 7.51. The van der Waals surface area contributed by atoms with Crippen molar-refractivity contribution in [3.05, 3.63) is 11.2 Å². The molecule has 1 aliphatic carbocycles. The highest BCUT2D eigenvalue weighted by Crippen LogP contribution is 2.51. The van der Waals surface area contributed by atoms with Gasteiger partial charge in [0.1, 0.15) is 11.0 Å². The minimum Gasteiger partial charge on any atom is -0.370 e. The minimum absolute atomic E-state index is 0.492. The normalized spacial score (nSPS) is 21.9. The van der Waals surface area contributed by atoms with Crippen LogP contribution in [0.3, 0.4) is 0 Å². The zero-order valence-corrected chi connectivity index (χ0v) is 11.3. The number of thioether (sulfide) groups is 1. The number of halogens is 1. The van der Waals surface area contributed by atoms with Gasteiger partial charge in [-0.15, -0.1) is 0 Å². The Morgan fingerprint density at radius 3 is 2.81 bits per heavy atom. The van der Waals surface area contributed by atoms with E-state index >= 15 is 0 Å². The lowest BCUT2D eigenvalue weighted by Gasteiger charge is -2.07. The van der Waals surface area contributed by atoms with Crippen LogP contribution in [0.1, 0.15) is 20.3 Å². The van der Waals surface area contributed by atoms with Crippen molar-refractivity contribution in [1.29, 1.82) is 0 Å². The summed E-state index contributed by atoms with van der Waals surface area (Å²) < 4.78 is 0. The van der Waals surface area contributed by atoms with Gasteiger partial charge in [-0.3, -0.25) is 0 Å². The fourth-order valence-corrected chi connectivity index (χ4v) is 2.34. The van der Waals surface area contributed by atoms with Crippen LogP contribution in [0, 0.1) is 11.3 Å². The molecule has 2 rings (SSSR count). The van der Waals surface area contributed by atoms with Crippen molar-refractivity contribution < 1.29 is 0 Å². The third-order valence-electron chi connectivity index (χ3n) is 3.10. The fraction of sp³-hybridized carbons (Fsp3) is 0.636. The Morgan fingerprint density at radius 1 is 1.56 bits per heavy atom. The number of nitrogens with one attached hydrogen (secondary N) is 1. The fourth-order valence-electron chi connectivity index (χ4n) is 1.73. The van der Waals surface area contributed by atoms with Crippen LogP contribution in [-0.4, -0.2) is 22.8 Å². The average molecular weight is 258 g/mol. The molecule has 3 nitrogen and oxygen atoms in total. The first kappa shape index (κ1) is 12.0. The molecule has 0 spiro atoms. The molecule has 1 heterocycles. The van der Waals surface area contributed by atoms with Gasteiger partial charge in [0.2, 0.25) is 0 Å². The minimum atomic E-state index is 0.492. The molecular weight excluding hydrogens is 242 g/mol. The Labute approximate surface area is 105 Å². The molecule has 1 aromatic rings. The Bertz CT molecular complexity index is 395. The van der Waals surface area contributed by atoms with E-state index in [1.807, 2.05) is 6.26 Å². The van der Waals surface area contributed by atoms with Crippen LogP contribution in [0.4, 0.5) is 5.82 Å². The average Bonchev–Trinajstić information content (AvgIpc) is 2.83. The van der Waals surface area contributed by atoms with Crippen LogP contribution >= 0.6 is 23.4 Å². The number of rotatable bonds is 4. The zero-order chi connectivity index (χ0) is 11.8. The van der Waals surface area contributed by atoms with Gasteiger partial charge in [-0.25, -0.2) is 9.97 Å². The smallest absolute Gasteiger partial charge is 0.190 e. The first-order valence-electron chi connectivity index (χ1n) is 5.34. The SMILES string of the molecule is CSc1nc(Cl)cc(NCC2CC2(C)C)n1. The Morgan fingerprint density at radius 2 is 2.25 bits per heavy atom. The van der Waals surface area contributed by atoms with Gasteiger partial charge in [0.25, 0.3) is 0 Å². The molecule has 88 valence electrons. The van der Waals surface area contributed by atoms with Crippen molar-refractivity contribution in [1.82, 2.24) is 9.97 Å². The van der Waals surface area contributed by atoms with Crippen LogP contribution in [0.25, 0.3) is 0 Å². The molecule has 1 aromatic heterocycles. The molecule has 1 N–H and O–H groups in total. The number of hydrogen-bond acceptors (Lipinski definition) is 4. The lowest BCUT2D eigenvalue weighted by Crippen LogP contribution is -2.09. The standard InChI is InChI=1S/C11H16ClN3S/c1-11(2)5-7(11)6-13-9-4-8(12)14-10(15-9)16-3/h4,7H,5-6H2,1-3H3,(H,13,14,15). The van der Waals surface area contributed by atoms with E-state index in [-0.39, 0.29) is 0 Å². The second-order valence-electron chi connectivity index (χ2n) is 4.83. The lowest BCUT2D eigenvalue weighted by molar-refractivity contribution is 0.572. The van der Waals surface area contributed by atoms with Crippen molar-refractivity contribution in [3.63, 3.8) is 0 Å². The van der Waals surface area contributed by atoms with Crippen molar-refractivity contribution in [2.45, 2.75) is 25.4 Å².